The molecule has 224 valence electrons. The summed E-state index contributed by atoms with van der Waals surface area (Å²) < 4.78 is 45.5. The topological polar surface area (TPSA) is 164 Å². The molecule has 1 saturated heterocycles. The van der Waals surface area contributed by atoms with Gasteiger partial charge in [-0.15, -0.1) is 0 Å². The fourth-order valence-corrected chi connectivity index (χ4v) is 5.40. The summed E-state index contributed by atoms with van der Waals surface area (Å²) in [5.41, 5.74) is 0. The van der Waals surface area contributed by atoms with E-state index in [0.717, 1.165) is 44.8 Å². The predicted octanol–water partition coefficient (Wildman–Crippen LogP) is 0.404. The molecule has 39 heavy (non-hydrogen) atoms. The molecule has 3 rings (SSSR count). The number of hydrogen-bond donors (Lipinski definition) is 1. The zero-order chi connectivity index (χ0) is 28.8. The number of amides is 2. The minimum absolute atomic E-state index is 0.0207. The average molecular weight is 579 g/mol. The van der Waals surface area contributed by atoms with Crippen molar-refractivity contribution in [2.45, 2.75) is 63.5 Å². The summed E-state index contributed by atoms with van der Waals surface area (Å²) >= 11 is 0. The van der Waals surface area contributed by atoms with Gasteiger partial charge in [-0.1, -0.05) is 0 Å². The third kappa shape index (κ3) is 12.2. The highest BCUT2D eigenvalue weighted by molar-refractivity contribution is 7.85. The van der Waals surface area contributed by atoms with Crippen molar-refractivity contribution >= 4 is 33.9 Å². The first-order valence-corrected chi connectivity index (χ1v) is 15.1. The monoisotopic (exact) mass is 578 g/mol. The number of methoxy groups -OCH3 is 2. The second kappa shape index (κ2) is 16.7. The minimum Gasteiger partial charge on any atom is -0.469 e. The molecule has 0 aromatic heterocycles. The van der Waals surface area contributed by atoms with Crippen LogP contribution in [0.25, 0.3) is 0 Å². The Bertz CT molecular complexity index is 911. The molecule has 0 aromatic carbocycles. The number of carbonyl (C=O) groups is 4. The van der Waals surface area contributed by atoms with Gasteiger partial charge in [0.15, 0.2) is 0 Å². The number of morpholine rings is 1. The lowest BCUT2D eigenvalue weighted by Crippen LogP contribution is -2.49. The van der Waals surface area contributed by atoms with Crippen molar-refractivity contribution in [2.24, 2.45) is 11.8 Å². The lowest BCUT2D eigenvalue weighted by molar-refractivity contribution is -0.150. The Morgan fingerprint density at radius 1 is 0.923 bits per heavy atom. The molecule has 2 saturated carbocycles. The fraction of sp³-hybridized carbons (Fsp3) is 0.840. The first-order valence-electron chi connectivity index (χ1n) is 13.3. The van der Waals surface area contributed by atoms with Gasteiger partial charge in [0, 0.05) is 18.6 Å². The van der Waals surface area contributed by atoms with Gasteiger partial charge in [-0.05, 0) is 51.4 Å². The quantitative estimate of drug-likeness (QED) is 0.217. The van der Waals surface area contributed by atoms with Crippen molar-refractivity contribution in [1.82, 2.24) is 10.2 Å². The van der Waals surface area contributed by atoms with E-state index in [4.69, 9.17) is 18.9 Å². The van der Waals surface area contributed by atoms with Gasteiger partial charge in [0.05, 0.1) is 52.1 Å². The maximum atomic E-state index is 11.7. The van der Waals surface area contributed by atoms with Crippen molar-refractivity contribution in [2.75, 3.05) is 60.1 Å². The molecule has 3 aliphatic rings. The standard InChI is InChI=1S/C13H23NO7S.C12H19NO4/c1-19-13(16)10-3-5-11(6-4-10)14-12(15)9-20-7-8-21-22(2,17)18;1-16-12(15)9-2-4-10(5-3-9)13-6-7-17-8-11(13)14/h10-11H,3-9H2,1-2H3,(H,14,15);9-10H,2-8H2,1H3. The summed E-state index contributed by atoms with van der Waals surface area (Å²) in [5, 5.41) is 2.83. The zero-order valence-electron chi connectivity index (χ0n) is 23.1. The maximum absolute atomic E-state index is 11.7. The Hall–Kier alpha value is -2.29. The van der Waals surface area contributed by atoms with Crippen molar-refractivity contribution in [1.29, 1.82) is 0 Å². The van der Waals surface area contributed by atoms with Crippen LogP contribution in [0.15, 0.2) is 0 Å². The molecule has 0 aromatic rings. The van der Waals surface area contributed by atoms with E-state index < -0.39 is 10.1 Å². The molecule has 0 bridgehead atoms. The van der Waals surface area contributed by atoms with Gasteiger partial charge in [0.2, 0.25) is 11.8 Å². The third-order valence-corrected chi connectivity index (χ3v) is 7.67. The molecule has 3 fully saturated rings. The summed E-state index contributed by atoms with van der Waals surface area (Å²) in [6.45, 7) is 1.28. The van der Waals surface area contributed by atoms with Crippen LogP contribution in [0.1, 0.15) is 51.4 Å². The van der Waals surface area contributed by atoms with Crippen LogP contribution in [0.4, 0.5) is 0 Å². The highest BCUT2D eigenvalue weighted by Crippen LogP contribution is 2.29. The fourth-order valence-electron chi connectivity index (χ4n) is 5.02. The van der Waals surface area contributed by atoms with Crippen LogP contribution in [0.5, 0.6) is 0 Å². The van der Waals surface area contributed by atoms with Crippen LogP contribution < -0.4 is 5.32 Å². The lowest BCUT2D eigenvalue weighted by atomic mass is 9.85. The van der Waals surface area contributed by atoms with Crippen LogP contribution in [-0.4, -0.2) is 109 Å². The molecule has 1 heterocycles. The molecule has 0 atom stereocenters. The Balaban J connectivity index is 0.000000282. The molecule has 0 radical (unpaired) electrons. The van der Waals surface area contributed by atoms with Crippen LogP contribution in [0.2, 0.25) is 0 Å². The average Bonchev–Trinajstić information content (AvgIpc) is 2.92. The molecule has 13 nitrogen and oxygen atoms in total. The molecule has 1 aliphatic heterocycles. The van der Waals surface area contributed by atoms with Gasteiger partial charge in [-0.2, -0.15) is 8.42 Å². The van der Waals surface area contributed by atoms with Crippen LogP contribution >= 0.6 is 0 Å². The predicted molar refractivity (Wildman–Crippen MR) is 138 cm³/mol. The normalized spacial score (nSPS) is 25.6. The van der Waals surface area contributed by atoms with E-state index in [1.54, 1.807) is 0 Å². The Morgan fingerprint density at radius 2 is 1.49 bits per heavy atom. The van der Waals surface area contributed by atoms with Gasteiger partial charge < -0.3 is 29.2 Å². The molecule has 1 N–H and O–H groups in total. The van der Waals surface area contributed by atoms with Crippen LogP contribution in [0.3, 0.4) is 0 Å². The SMILES string of the molecule is COC(=O)C1CCC(N2CCOCC2=O)CC1.COC(=O)C1CCC(NC(=O)COCCOS(C)(=O)=O)CC1. The van der Waals surface area contributed by atoms with Crippen molar-refractivity contribution in [3.05, 3.63) is 0 Å². The van der Waals surface area contributed by atoms with E-state index in [0.29, 0.717) is 26.0 Å². The van der Waals surface area contributed by atoms with Crippen molar-refractivity contribution < 1.29 is 50.7 Å². The van der Waals surface area contributed by atoms with E-state index in [2.05, 4.69) is 9.50 Å². The minimum atomic E-state index is -3.48. The Labute approximate surface area is 230 Å². The molecule has 0 unspecified atom stereocenters. The highest BCUT2D eigenvalue weighted by Gasteiger charge is 2.33. The van der Waals surface area contributed by atoms with E-state index in [1.165, 1.54) is 14.2 Å². The Morgan fingerprint density at radius 3 is 2.00 bits per heavy atom. The molecular weight excluding hydrogens is 536 g/mol. The summed E-state index contributed by atoms with van der Waals surface area (Å²) in [5.74, 6) is -0.552. The number of esters is 2. The second-order valence-electron chi connectivity index (χ2n) is 9.89. The van der Waals surface area contributed by atoms with Gasteiger partial charge in [-0.3, -0.25) is 23.4 Å². The first kappa shape index (κ1) is 32.9. The van der Waals surface area contributed by atoms with E-state index in [1.807, 2.05) is 4.90 Å². The molecule has 2 aliphatic carbocycles. The van der Waals surface area contributed by atoms with Gasteiger partial charge in [-0.25, -0.2) is 0 Å². The second-order valence-corrected chi connectivity index (χ2v) is 11.5. The van der Waals surface area contributed by atoms with Gasteiger partial charge in [0.1, 0.15) is 13.2 Å². The first-order chi connectivity index (χ1) is 18.5. The van der Waals surface area contributed by atoms with Crippen LogP contribution in [0, 0.1) is 11.8 Å². The number of ether oxygens (including phenoxy) is 4. The highest BCUT2D eigenvalue weighted by atomic mass is 32.2. The molecular formula is C25H42N2O11S. The molecule has 14 heteroatoms. The summed E-state index contributed by atoms with van der Waals surface area (Å²) in [6.07, 6.45) is 7.22. The molecule has 0 spiro atoms. The van der Waals surface area contributed by atoms with Gasteiger partial charge in [0.25, 0.3) is 10.1 Å². The van der Waals surface area contributed by atoms with E-state index in [-0.39, 0.29) is 74.1 Å². The van der Waals surface area contributed by atoms with Crippen molar-refractivity contribution in [3.8, 4) is 0 Å². The van der Waals surface area contributed by atoms with E-state index >= 15 is 0 Å². The number of hydrogen-bond acceptors (Lipinski definition) is 11. The number of rotatable bonds is 10. The van der Waals surface area contributed by atoms with E-state index in [9.17, 15) is 27.6 Å². The van der Waals surface area contributed by atoms with Crippen molar-refractivity contribution in [3.63, 3.8) is 0 Å². The zero-order valence-corrected chi connectivity index (χ0v) is 23.9. The third-order valence-electron chi connectivity index (χ3n) is 7.08. The summed E-state index contributed by atoms with van der Waals surface area (Å²) in [7, 11) is -0.674. The summed E-state index contributed by atoms with van der Waals surface area (Å²) in [4.78, 5) is 48.0. The molecule has 2 amide bonds. The number of nitrogens with zero attached hydrogens (tertiary/aromatic N) is 1. The largest absolute Gasteiger partial charge is 0.469 e. The summed E-state index contributed by atoms with van der Waals surface area (Å²) in [6, 6.07) is 0.316. The van der Waals surface area contributed by atoms with Gasteiger partial charge >= 0.3 is 11.9 Å². The smallest absolute Gasteiger partial charge is 0.308 e. The number of carbonyl (C=O) groups excluding carboxylic acids is 4. The van der Waals surface area contributed by atoms with Crippen LogP contribution in [-0.2, 0) is 52.4 Å². The Kier molecular flexibility index (Phi) is 14.1. The number of nitrogens with one attached hydrogen (secondary N) is 1. The lowest BCUT2D eigenvalue weighted by Gasteiger charge is -2.38. The maximum Gasteiger partial charge on any atom is 0.308 e.